The Labute approximate surface area is 102 Å². The fraction of sp³-hybridized carbons (Fsp3) is 0.125. The maximum Gasteiger partial charge on any atom is 0.119 e. The van der Waals surface area contributed by atoms with Gasteiger partial charge in [0.1, 0.15) is 5.75 Å². The summed E-state index contributed by atoms with van der Waals surface area (Å²) in [7, 11) is 0. The minimum absolute atomic E-state index is 0.708. The smallest absolute Gasteiger partial charge is 0.119 e. The first kappa shape index (κ1) is 11.5. The lowest BCUT2D eigenvalue weighted by Crippen LogP contribution is -1.90. The summed E-state index contributed by atoms with van der Waals surface area (Å²) in [6, 6.07) is 18.4. The van der Waals surface area contributed by atoms with Crippen LogP contribution < -0.4 is 4.74 Å². The minimum Gasteiger partial charge on any atom is -0.494 e. The zero-order chi connectivity index (χ0) is 11.9. The molecule has 0 aromatic heterocycles. The highest BCUT2D eigenvalue weighted by Gasteiger charge is 1.91. The van der Waals surface area contributed by atoms with Crippen LogP contribution in [0.1, 0.15) is 18.1 Å². The van der Waals surface area contributed by atoms with Crippen LogP contribution in [0.4, 0.5) is 0 Å². The van der Waals surface area contributed by atoms with Crippen molar-refractivity contribution in [3.63, 3.8) is 0 Å². The molecule has 0 atom stereocenters. The van der Waals surface area contributed by atoms with Crippen molar-refractivity contribution in [2.45, 2.75) is 6.92 Å². The van der Waals surface area contributed by atoms with Crippen molar-refractivity contribution < 1.29 is 4.74 Å². The minimum atomic E-state index is 0.708. The SMILES string of the molecule is CCOc1ccc(C=Cc2ccccc2)cc1. The van der Waals surface area contributed by atoms with Crippen molar-refractivity contribution in [2.75, 3.05) is 6.61 Å². The molecule has 2 rings (SSSR count). The van der Waals surface area contributed by atoms with Crippen molar-refractivity contribution in [3.05, 3.63) is 65.7 Å². The summed E-state index contributed by atoms with van der Waals surface area (Å²) in [5.74, 6) is 0.921. The zero-order valence-electron chi connectivity index (χ0n) is 9.97. The highest BCUT2D eigenvalue weighted by atomic mass is 16.5. The maximum absolute atomic E-state index is 5.40. The Bertz CT molecular complexity index is 469. The van der Waals surface area contributed by atoms with Crippen LogP contribution in [0.2, 0.25) is 0 Å². The van der Waals surface area contributed by atoms with E-state index in [4.69, 9.17) is 4.74 Å². The molecule has 1 heteroatoms. The molecule has 0 spiro atoms. The molecule has 0 heterocycles. The van der Waals surface area contributed by atoms with Crippen molar-refractivity contribution in [2.24, 2.45) is 0 Å². The number of benzene rings is 2. The van der Waals surface area contributed by atoms with Crippen LogP contribution in [0.25, 0.3) is 12.2 Å². The van der Waals surface area contributed by atoms with E-state index in [-0.39, 0.29) is 0 Å². The van der Waals surface area contributed by atoms with E-state index in [1.165, 1.54) is 11.1 Å². The predicted octanol–water partition coefficient (Wildman–Crippen LogP) is 4.26. The first-order chi connectivity index (χ1) is 8.38. The van der Waals surface area contributed by atoms with Gasteiger partial charge in [-0.15, -0.1) is 0 Å². The highest BCUT2D eigenvalue weighted by molar-refractivity contribution is 5.69. The van der Waals surface area contributed by atoms with Gasteiger partial charge in [-0.1, -0.05) is 54.6 Å². The van der Waals surface area contributed by atoms with Crippen LogP contribution in [0, 0.1) is 0 Å². The maximum atomic E-state index is 5.40. The van der Waals surface area contributed by atoms with E-state index in [2.05, 4.69) is 36.4 Å². The molecule has 0 saturated heterocycles. The summed E-state index contributed by atoms with van der Waals surface area (Å²) in [6.07, 6.45) is 4.21. The Kier molecular flexibility index (Phi) is 3.98. The Morgan fingerprint density at radius 2 is 1.41 bits per heavy atom. The average molecular weight is 224 g/mol. The molecule has 0 fully saturated rings. The second-order valence-corrected chi connectivity index (χ2v) is 3.75. The summed E-state index contributed by atoms with van der Waals surface area (Å²) in [5.41, 5.74) is 2.39. The zero-order valence-corrected chi connectivity index (χ0v) is 9.97. The molecule has 0 N–H and O–H groups in total. The van der Waals surface area contributed by atoms with E-state index in [1.807, 2.05) is 37.3 Å². The first-order valence-electron chi connectivity index (χ1n) is 5.84. The third-order valence-corrected chi connectivity index (χ3v) is 2.46. The summed E-state index contributed by atoms with van der Waals surface area (Å²) < 4.78 is 5.40. The van der Waals surface area contributed by atoms with E-state index in [0.29, 0.717) is 6.61 Å². The number of ether oxygens (including phenoxy) is 1. The van der Waals surface area contributed by atoms with Gasteiger partial charge >= 0.3 is 0 Å². The summed E-state index contributed by atoms with van der Waals surface area (Å²) >= 11 is 0. The third kappa shape index (κ3) is 3.49. The molecule has 86 valence electrons. The largest absolute Gasteiger partial charge is 0.494 e. The van der Waals surface area contributed by atoms with Gasteiger partial charge in [0.05, 0.1) is 6.61 Å². The molecule has 0 bridgehead atoms. The van der Waals surface area contributed by atoms with Crippen LogP contribution in [0.3, 0.4) is 0 Å². The van der Waals surface area contributed by atoms with E-state index in [9.17, 15) is 0 Å². The Hall–Kier alpha value is -2.02. The van der Waals surface area contributed by atoms with E-state index in [1.54, 1.807) is 0 Å². The lowest BCUT2D eigenvalue weighted by molar-refractivity contribution is 0.340. The number of hydrogen-bond acceptors (Lipinski definition) is 1. The van der Waals surface area contributed by atoms with Crippen molar-refractivity contribution >= 4 is 12.2 Å². The lowest BCUT2D eigenvalue weighted by atomic mass is 10.1. The molecule has 0 saturated carbocycles. The fourth-order valence-electron chi connectivity index (χ4n) is 1.60. The molecule has 17 heavy (non-hydrogen) atoms. The standard InChI is InChI=1S/C16H16O/c1-2-17-16-12-10-15(11-13-16)9-8-14-6-4-3-5-7-14/h3-13H,2H2,1H3. The predicted molar refractivity (Wildman–Crippen MR) is 73.0 cm³/mol. The molecular weight excluding hydrogens is 208 g/mol. The molecular formula is C16H16O. The normalized spacial score (nSPS) is 10.6. The Morgan fingerprint density at radius 1 is 0.824 bits per heavy atom. The molecule has 2 aromatic carbocycles. The van der Waals surface area contributed by atoms with Gasteiger partial charge in [0.2, 0.25) is 0 Å². The van der Waals surface area contributed by atoms with Gasteiger partial charge in [-0.25, -0.2) is 0 Å². The average Bonchev–Trinajstić information content (AvgIpc) is 2.40. The van der Waals surface area contributed by atoms with Crippen LogP contribution >= 0.6 is 0 Å². The summed E-state index contributed by atoms with van der Waals surface area (Å²) in [5, 5.41) is 0. The molecule has 0 aliphatic rings. The third-order valence-electron chi connectivity index (χ3n) is 2.46. The topological polar surface area (TPSA) is 9.23 Å². The second kappa shape index (κ2) is 5.90. The molecule has 2 aromatic rings. The van der Waals surface area contributed by atoms with Crippen LogP contribution in [-0.2, 0) is 0 Å². The quantitative estimate of drug-likeness (QED) is 0.705. The van der Waals surface area contributed by atoms with Crippen molar-refractivity contribution in [1.29, 1.82) is 0 Å². The van der Waals surface area contributed by atoms with Crippen molar-refractivity contribution in [3.8, 4) is 5.75 Å². The molecule has 0 aliphatic heterocycles. The van der Waals surface area contributed by atoms with Gasteiger partial charge in [-0.3, -0.25) is 0 Å². The monoisotopic (exact) mass is 224 g/mol. The Morgan fingerprint density at radius 3 is 2.00 bits per heavy atom. The Balaban J connectivity index is 2.06. The van der Waals surface area contributed by atoms with Crippen LogP contribution in [0.15, 0.2) is 54.6 Å². The lowest BCUT2D eigenvalue weighted by Gasteiger charge is -2.02. The fourth-order valence-corrected chi connectivity index (χ4v) is 1.60. The number of rotatable bonds is 4. The van der Waals surface area contributed by atoms with Gasteiger partial charge < -0.3 is 4.74 Å². The van der Waals surface area contributed by atoms with Crippen molar-refractivity contribution in [1.82, 2.24) is 0 Å². The summed E-state index contributed by atoms with van der Waals surface area (Å²) in [4.78, 5) is 0. The highest BCUT2D eigenvalue weighted by Crippen LogP contribution is 2.14. The van der Waals surface area contributed by atoms with E-state index >= 15 is 0 Å². The van der Waals surface area contributed by atoms with E-state index < -0.39 is 0 Å². The van der Waals surface area contributed by atoms with Gasteiger partial charge in [-0.05, 0) is 30.2 Å². The van der Waals surface area contributed by atoms with Crippen LogP contribution in [-0.4, -0.2) is 6.61 Å². The molecule has 0 radical (unpaired) electrons. The molecule has 1 nitrogen and oxygen atoms in total. The molecule has 0 amide bonds. The molecule has 0 aliphatic carbocycles. The van der Waals surface area contributed by atoms with Gasteiger partial charge in [0.25, 0.3) is 0 Å². The molecule has 0 unspecified atom stereocenters. The van der Waals surface area contributed by atoms with Crippen LogP contribution in [0.5, 0.6) is 5.75 Å². The van der Waals surface area contributed by atoms with E-state index in [0.717, 1.165) is 5.75 Å². The van der Waals surface area contributed by atoms with Gasteiger partial charge in [0.15, 0.2) is 0 Å². The summed E-state index contributed by atoms with van der Waals surface area (Å²) in [6.45, 7) is 2.70. The van der Waals surface area contributed by atoms with Gasteiger partial charge in [-0.2, -0.15) is 0 Å². The van der Waals surface area contributed by atoms with Gasteiger partial charge in [0, 0.05) is 0 Å². The second-order valence-electron chi connectivity index (χ2n) is 3.75. The first-order valence-corrected chi connectivity index (χ1v) is 5.84. The number of hydrogen-bond donors (Lipinski definition) is 0.